The molecule has 24 heavy (non-hydrogen) atoms. The molecule has 1 saturated heterocycles. The molecule has 2 atom stereocenters. The van der Waals surface area contributed by atoms with Crippen LogP contribution in [0, 0.1) is 11.8 Å². The van der Waals surface area contributed by atoms with Crippen molar-refractivity contribution in [3.05, 3.63) is 0 Å². The van der Waals surface area contributed by atoms with Gasteiger partial charge in [-0.3, -0.25) is 19.8 Å². The summed E-state index contributed by atoms with van der Waals surface area (Å²) in [6, 6.07) is -0.685. The molecule has 3 N–H and O–H groups in total. The van der Waals surface area contributed by atoms with Crippen LogP contribution < -0.4 is 16.0 Å². The molecule has 1 fully saturated rings. The Morgan fingerprint density at radius 3 is 2.17 bits per heavy atom. The number of urea groups is 1. The van der Waals surface area contributed by atoms with Crippen molar-refractivity contribution in [2.75, 3.05) is 19.6 Å². The molecule has 0 aromatic rings. The lowest BCUT2D eigenvalue weighted by atomic mass is 9.94. The van der Waals surface area contributed by atoms with Crippen LogP contribution in [0.15, 0.2) is 0 Å². The molecule has 0 bridgehead atoms. The fraction of sp³-hybridized carbons (Fsp3) is 0.824. The zero-order valence-electron chi connectivity index (χ0n) is 15.5. The maximum atomic E-state index is 12.3. The quantitative estimate of drug-likeness (QED) is 0.675. The lowest BCUT2D eigenvalue weighted by Crippen LogP contribution is -2.52. The Morgan fingerprint density at radius 1 is 1.08 bits per heavy atom. The van der Waals surface area contributed by atoms with E-state index >= 15 is 0 Å². The summed E-state index contributed by atoms with van der Waals surface area (Å²) < 4.78 is 0. The first kappa shape index (κ1) is 20.4. The zero-order valence-corrected chi connectivity index (χ0v) is 15.5. The molecular formula is C17H32N4O3. The first-order valence-corrected chi connectivity index (χ1v) is 8.89. The SMILES string of the molecule is CCNC(=O)NC(=O)C(C)N1CCC(C(=O)NC(C)C(C)C)CC1. The Kier molecular flexibility index (Phi) is 8.18. The predicted octanol–water partition coefficient (Wildman–Crippen LogP) is 1.09. The maximum Gasteiger partial charge on any atom is 0.321 e. The van der Waals surface area contributed by atoms with Crippen molar-refractivity contribution < 1.29 is 14.4 Å². The van der Waals surface area contributed by atoms with E-state index in [1.807, 2.05) is 11.8 Å². The Balaban J connectivity index is 2.43. The standard InChI is InChI=1S/C17H32N4O3/c1-6-18-17(24)20-15(22)13(5)21-9-7-14(8-10-21)16(23)19-12(4)11(2)3/h11-14H,6-10H2,1-5H3,(H,19,23)(H2,18,20,22,24). The summed E-state index contributed by atoms with van der Waals surface area (Å²) in [5.74, 6) is 0.209. The molecule has 1 rings (SSSR count). The summed E-state index contributed by atoms with van der Waals surface area (Å²) in [4.78, 5) is 37.8. The topological polar surface area (TPSA) is 90.5 Å². The van der Waals surface area contributed by atoms with Crippen molar-refractivity contribution >= 4 is 17.8 Å². The molecule has 7 nitrogen and oxygen atoms in total. The minimum absolute atomic E-state index is 0.00102. The molecule has 0 saturated carbocycles. The van der Waals surface area contributed by atoms with E-state index in [1.54, 1.807) is 13.8 Å². The molecule has 1 aliphatic heterocycles. The third-order valence-electron chi connectivity index (χ3n) is 4.77. The van der Waals surface area contributed by atoms with Gasteiger partial charge >= 0.3 is 6.03 Å². The first-order chi connectivity index (χ1) is 11.3. The highest BCUT2D eigenvalue weighted by Gasteiger charge is 2.30. The number of nitrogens with one attached hydrogen (secondary N) is 3. The smallest absolute Gasteiger partial charge is 0.321 e. The second-order valence-corrected chi connectivity index (χ2v) is 6.88. The second-order valence-electron chi connectivity index (χ2n) is 6.88. The molecule has 0 aliphatic carbocycles. The number of likely N-dealkylation sites (tertiary alicyclic amines) is 1. The van der Waals surface area contributed by atoms with Crippen molar-refractivity contribution in [3.8, 4) is 0 Å². The van der Waals surface area contributed by atoms with Crippen molar-refractivity contribution in [1.82, 2.24) is 20.9 Å². The number of hydrogen-bond donors (Lipinski definition) is 3. The van der Waals surface area contributed by atoms with E-state index in [4.69, 9.17) is 0 Å². The van der Waals surface area contributed by atoms with Crippen molar-refractivity contribution in [1.29, 1.82) is 0 Å². The van der Waals surface area contributed by atoms with Crippen LogP contribution in [0.4, 0.5) is 4.79 Å². The Labute approximate surface area is 144 Å². The average Bonchev–Trinajstić information content (AvgIpc) is 2.54. The summed E-state index contributed by atoms with van der Waals surface area (Å²) >= 11 is 0. The monoisotopic (exact) mass is 340 g/mol. The van der Waals surface area contributed by atoms with Gasteiger partial charge in [0.15, 0.2) is 0 Å². The Morgan fingerprint density at radius 2 is 1.67 bits per heavy atom. The van der Waals surface area contributed by atoms with Crippen LogP contribution in [0.25, 0.3) is 0 Å². The zero-order chi connectivity index (χ0) is 18.3. The third-order valence-corrected chi connectivity index (χ3v) is 4.77. The van der Waals surface area contributed by atoms with Gasteiger partial charge in [0, 0.05) is 18.5 Å². The van der Waals surface area contributed by atoms with Crippen molar-refractivity contribution in [2.24, 2.45) is 11.8 Å². The summed E-state index contributed by atoms with van der Waals surface area (Å²) in [7, 11) is 0. The largest absolute Gasteiger partial charge is 0.353 e. The van der Waals surface area contributed by atoms with Crippen molar-refractivity contribution in [2.45, 2.75) is 59.5 Å². The van der Waals surface area contributed by atoms with E-state index in [1.165, 1.54) is 0 Å². The lowest BCUT2D eigenvalue weighted by Gasteiger charge is -2.35. The third kappa shape index (κ3) is 6.11. The van der Waals surface area contributed by atoms with Crippen LogP contribution in [0.3, 0.4) is 0 Å². The van der Waals surface area contributed by atoms with Gasteiger partial charge < -0.3 is 10.6 Å². The van der Waals surface area contributed by atoms with E-state index in [2.05, 4.69) is 29.8 Å². The normalized spacial score (nSPS) is 18.8. The van der Waals surface area contributed by atoms with Gasteiger partial charge in [-0.2, -0.15) is 0 Å². The number of nitrogens with zero attached hydrogens (tertiary/aromatic N) is 1. The summed E-state index contributed by atoms with van der Waals surface area (Å²) in [5.41, 5.74) is 0. The Bertz CT molecular complexity index is 445. The minimum Gasteiger partial charge on any atom is -0.353 e. The van der Waals surface area contributed by atoms with Gasteiger partial charge in [0.2, 0.25) is 11.8 Å². The maximum absolute atomic E-state index is 12.3. The van der Waals surface area contributed by atoms with Gasteiger partial charge in [-0.05, 0) is 52.6 Å². The van der Waals surface area contributed by atoms with Gasteiger partial charge in [-0.25, -0.2) is 4.79 Å². The van der Waals surface area contributed by atoms with Crippen LogP contribution in [0.1, 0.15) is 47.5 Å². The van der Waals surface area contributed by atoms with E-state index in [-0.39, 0.29) is 29.8 Å². The number of amides is 4. The molecule has 0 radical (unpaired) electrons. The summed E-state index contributed by atoms with van der Waals surface area (Å²) in [6.07, 6.45) is 1.46. The van der Waals surface area contributed by atoms with Crippen LogP contribution in [0.2, 0.25) is 0 Å². The number of carbonyl (C=O) groups excluding carboxylic acids is 3. The van der Waals surface area contributed by atoms with Crippen molar-refractivity contribution in [3.63, 3.8) is 0 Å². The molecule has 4 amide bonds. The van der Waals surface area contributed by atoms with Gasteiger partial charge in [0.05, 0.1) is 6.04 Å². The number of rotatable bonds is 6. The molecule has 7 heteroatoms. The highest BCUT2D eigenvalue weighted by Crippen LogP contribution is 2.20. The van der Waals surface area contributed by atoms with Crippen LogP contribution in [-0.4, -0.2) is 54.5 Å². The second kappa shape index (κ2) is 9.61. The number of piperidine rings is 1. The molecule has 0 aromatic carbocycles. The molecule has 138 valence electrons. The predicted molar refractivity (Wildman–Crippen MR) is 93.4 cm³/mol. The van der Waals surface area contributed by atoms with Crippen LogP contribution >= 0.6 is 0 Å². The highest BCUT2D eigenvalue weighted by atomic mass is 16.2. The molecule has 0 aromatic heterocycles. The van der Waals surface area contributed by atoms with E-state index in [9.17, 15) is 14.4 Å². The number of carbonyl (C=O) groups is 3. The van der Waals surface area contributed by atoms with E-state index in [0.717, 1.165) is 12.8 Å². The van der Waals surface area contributed by atoms with Crippen LogP contribution in [0.5, 0.6) is 0 Å². The van der Waals surface area contributed by atoms with Gasteiger partial charge in [-0.1, -0.05) is 13.8 Å². The summed E-state index contributed by atoms with van der Waals surface area (Å²) in [6.45, 7) is 11.6. The fourth-order valence-electron chi connectivity index (χ4n) is 2.64. The number of imide groups is 1. The van der Waals surface area contributed by atoms with E-state index in [0.29, 0.717) is 25.6 Å². The van der Waals surface area contributed by atoms with Crippen LogP contribution in [-0.2, 0) is 9.59 Å². The molecule has 2 unspecified atom stereocenters. The number of hydrogen-bond acceptors (Lipinski definition) is 4. The molecule has 0 spiro atoms. The lowest BCUT2D eigenvalue weighted by molar-refractivity contribution is -0.128. The Hall–Kier alpha value is -1.63. The first-order valence-electron chi connectivity index (χ1n) is 8.89. The fourth-order valence-corrected chi connectivity index (χ4v) is 2.64. The molecular weight excluding hydrogens is 308 g/mol. The van der Waals surface area contributed by atoms with Gasteiger partial charge in [-0.15, -0.1) is 0 Å². The molecule has 1 heterocycles. The molecule has 1 aliphatic rings. The van der Waals surface area contributed by atoms with Gasteiger partial charge in [0.25, 0.3) is 0 Å². The van der Waals surface area contributed by atoms with Gasteiger partial charge in [0.1, 0.15) is 0 Å². The highest BCUT2D eigenvalue weighted by molar-refractivity contribution is 5.96. The minimum atomic E-state index is -0.466. The average molecular weight is 340 g/mol. The summed E-state index contributed by atoms with van der Waals surface area (Å²) in [5, 5.41) is 7.95. The van der Waals surface area contributed by atoms with E-state index < -0.39 is 6.03 Å².